The molecule has 0 bridgehead atoms. The molecule has 0 radical (unpaired) electrons. The molecule has 10 heteroatoms. The van der Waals surface area contributed by atoms with Crippen LogP contribution in [-0.4, -0.2) is 50.4 Å². The predicted octanol–water partition coefficient (Wildman–Crippen LogP) is 7.02. The van der Waals surface area contributed by atoms with E-state index in [1.54, 1.807) is 60.7 Å². The first-order chi connectivity index (χ1) is 23.2. The van der Waals surface area contributed by atoms with Crippen molar-refractivity contribution in [3.05, 3.63) is 125 Å². The molecular weight excluding hydrogens is 646 g/mol. The number of carbonyl (C=O) groups is 2. The highest BCUT2D eigenvalue weighted by Gasteiger charge is 2.35. The summed E-state index contributed by atoms with van der Waals surface area (Å²) >= 11 is 6.36. The lowest BCUT2D eigenvalue weighted by molar-refractivity contribution is -0.140. The second-order valence-corrected chi connectivity index (χ2v) is 14.3. The van der Waals surface area contributed by atoms with Crippen LogP contribution < -0.4 is 14.4 Å². The molecule has 1 N–H and O–H groups in total. The maximum atomic E-state index is 14.7. The van der Waals surface area contributed by atoms with Crippen LogP contribution in [0.1, 0.15) is 50.2 Å². The summed E-state index contributed by atoms with van der Waals surface area (Å²) in [6.45, 7) is 1.84. The number of sulfonamides is 1. The van der Waals surface area contributed by atoms with Crippen LogP contribution in [0.4, 0.5) is 5.69 Å². The third kappa shape index (κ3) is 9.17. The van der Waals surface area contributed by atoms with Gasteiger partial charge in [-0.2, -0.15) is 0 Å². The summed E-state index contributed by atoms with van der Waals surface area (Å²) in [5.41, 5.74) is 1.90. The highest BCUT2D eigenvalue weighted by Crippen LogP contribution is 2.27. The second kappa shape index (κ2) is 16.7. The first-order valence-corrected chi connectivity index (χ1v) is 18.2. The summed E-state index contributed by atoms with van der Waals surface area (Å²) in [6.07, 6.45) is 5.22. The maximum Gasteiger partial charge on any atom is 0.264 e. The lowest BCUT2D eigenvalue weighted by Crippen LogP contribution is -2.55. The Balaban J connectivity index is 1.55. The van der Waals surface area contributed by atoms with Gasteiger partial charge in [0.25, 0.3) is 10.0 Å². The summed E-state index contributed by atoms with van der Waals surface area (Å²) in [4.78, 5) is 30.4. The van der Waals surface area contributed by atoms with Gasteiger partial charge in [0, 0.05) is 24.0 Å². The minimum absolute atomic E-state index is 0.0199. The van der Waals surface area contributed by atoms with E-state index < -0.39 is 28.5 Å². The van der Waals surface area contributed by atoms with Gasteiger partial charge in [-0.3, -0.25) is 13.9 Å². The van der Waals surface area contributed by atoms with Crippen molar-refractivity contribution in [3.8, 4) is 5.75 Å². The van der Waals surface area contributed by atoms with E-state index in [9.17, 15) is 18.0 Å². The summed E-state index contributed by atoms with van der Waals surface area (Å²) in [5, 5.41) is 3.72. The third-order valence-electron chi connectivity index (χ3n) is 8.51. The van der Waals surface area contributed by atoms with Gasteiger partial charge >= 0.3 is 0 Å². The number of nitrogens with zero attached hydrogens (tertiary/aromatic N) is 2. The SMILES string of the molecule is CCOc1ccc(N(CC(=O)N(Cc2cccc(Cl)c2)[C@@H](Cc2ccccc2)C(=O)NC2CCCCC2)S(=O)(=O)c2ccccc2)cc1. The molecule has 1 fully saturated rings. The number of ether oxygens (including phenoxy) is 1. The molecule has 4 aromatic carbocycles. The molecule has 1 aliphatic carbocycles. The molecule has 0 aromatic heterocycles. The standard InChI is InChI=1S/C38H42ClN3O5S/c1-2-47-34-23-21-33(22-24-34)42(48(45,46)35-19-10-5-11-20-35)28-37(43)41(27-30-15-12-16-31(39)25-30)36(26-29-13-6-3-7-14-29)38(44)40-32-17-8-4-9-18-32/h3,5-7,10-16,19-25,32,36H,2,4,8-9,17-18,26-28H2,1H3,(H,40,44)/t36-/m0/s1. The summed E-state index contributed by atoms with van der Waals surface area (Å²) in [7, 11) is -4.19. The van der Waals surface area contributed by atoms with Crippen LogP contribution in [0.25, 0.3) is 0 Å². The average molecular weight is 688 g/mol. The van der Waals surface area contributed by atoms with Crippen molar-refractivity contribution in [1.29, 1.82) is 0 Å². The fourth-order valence-electron chi connectivity index (χ4n) is 6.05. The smallest absolute Gasteiger partial charge is 0.264 e. The Morgan fingerprint density at radius 3 is 2.15 bits per heavy atom. The van der Waals surface area contributed by atoms with Crippen LogP contribution in [0.5, 0.6) is 5.75 Å². The third-order valence-corrected chi connectivity index (χ3v) is 10.5. The Labute approximate surface area is 288 Å². The monoisotopic (exact) mass is 687 g/mol. The number of rotatable bonds is 14. The maximum absolute atomic E-state index is 14.7. The minimum Gasteiger partial charge on any atom is -0.494 e. The van der Waals surface area contributed by atoms with Crippen LogP contribution in [0.2, 0.25) is 5.02 Å². The second-order valence-electron chi connectivity index (χ2n) is 12.0. The van der Waals surface area contributed by atoms with E-state index in [1.165, 1.54) is 17.0 Å². The van der Waals surface area contributed by atoms with E-state index in [4.69, 9.17) is 16.3 Å². The van der Waals surface area contributed by atoms with Gasteiger partial charge in [0.1, 0.15) is 18.3 Å². The zero-order chi connectivity index (χ0) is 33.9. The van der Waals surface area contributed by atoms with Crippen molar-refractivity contribution in [3.63, 3.8) is 0 Å². The zero-order valence-corrected chi connectivity index (χ0v) is 28.7. The first kappa shape index (κ1) is 35.0. The molecule has 0 unspecified atom stereocenters. The van der Waals surface area contributed by atoms with Gasteiger partial charge in [0.05, 0.1) is 17.2 Å². The molecule has 8 nitrogen and oxygen atoms in total. The van der Waals surface area contributed by atoms with Crippen molar-refractivity contribution in [1.82, 2.24) is 10.2 Å². The number of halogens is 1. The highest BCUT2D eigenvalue weighted by atomic mass is 35.5. The quantitative estimate of drug-likeness (QED) is 0.154. The normalized spacial score (nSPS) is 14.1. The fourth-order valence-corrected chi connectivity index (χ4v) is 7.70. The summed E-state index contributed by atoms with van der Waals surface area (Å²) < 4.78 is 35.1. The number of nitrogens with one attached hydrogen (secondary N) is 1. The zero-order valence-electron chi connectivity index (χ0n) is 27.1. The molecular formula is C38H42ClN3O5S. The molecule has 252 valence electrons. The molecule has 1 atom stereocenters. The lowest BCUT2D eigenvalue weighted by Gasteiger charge is -2.35. The van der Waals surface area contributed by atoms with Gasteiger partial charge in [0.15, 0.2) is 0 Å². The van der Waals surface area contributed by atoms with E-state index >= 15 is 0 Å². The topological polar surface area (TPSA) is 96.0 Å². The first-order valence-electron chi connectivity index (χ1n) is 16.4. The Morgan fingerprint density at radius 2 is 1.50 bits per heavy atom. The van der Waals surface area contributed by atoms with E-state index in [0.29, 0.717) is 23.1 Å². The predicted molar refractivity (Wildman–Crippen MR) is 190 cm³/mol. The van der Waals surface area contributed by atoms with E-state index in [2.05, 4.69) is 5.32 Å². The minimum atomic E-state index is -4.19. The molecule has 2 amide bonds. The number of hydrogen-bond acceptors (Lipinski definition) is 5. The molecule has 0 spiro atoms. The van der Waals surface area contributed by atoms with Crippen molar-refractivity contribution >= 4 is 39.1 Å². The Hall–Kier alpha value is -4.34. The van der Waals surface area contributed by atoms with E-state index in [0.717, 1.165) is 47.5 Å². The molecule has 5 rings (SSSR count). The Kier molecular flexibility index (Phi) is 12.1. The van der Waals surface area contributed by atoms with Crippen molar-refractivity contribution < 1.29 is 22.7 Å². The van der Waals surface area contributed by atoms with Gasteiger partial charge in [0.2, 0.25) is 11.8 Å². The summed E-state index contributed by atoms with van der Waals surface area (Å²) in [5.74, 6) is -0.211. The van der Waals surface area contributed by atoms with Gasteiger partial charge in [-0.25, -0.2) is 8.42 Å². The number of amides is 2. The number of carbonyl (C=O) groups excluding carboxylic acids is 2. The lowest BCUT2D eigenvalue weighted by atomic mass is 9.94. The fraction of sp³-hybridized carbons (Fsp3) is 0.316. The van der Waals surface area contributed by atoms with Crippen molar-refractivity contribution in [2.75, 3.05) is 17.5 Å². The molecule has 0 aliphatic heterocycles. The van der Waals surface area contributed by atoms with Crippen molar-refractivity contribution in [2.24, 2.45) is 0 Å². The van der Waals surface area contributed by atoms with Crippen molar-refractivity contribution in [2.45, 2.75) is 69.0 Å². The van der Waals surface area contributed by atoms with Crippen LogP contribution in [-0.2, 0) is 32.6 Å². The Bertz CT molecular complexity index is 1750. The van der Waals surface area contributed by atoms with Crippen LogP contribution in [0.3, 0.4) is 0 Å². The largest absolute Gasteiger partial charge is 0.494 e. The summed E-state index contributed by atoms with van der Waals surface area (Å²) in [6, 6.07) is 30.4. The van der Waals surface area contributed by atoms with E-state index in [1.807, 2.05) is 43.3 Å². The number of anilines is 1. The van der Waals surface area contributed by atoms with Crippen LogP contribution in [0, 0.1) is 0 Å². The molecule has 4 aromatic rings. The van der Waals surface area contributed by atoms with Gasteiger partial charge in [-0.05, 0) is 79.4 Å². The van der Waals surface area contributed by atoms with Gasteiger partial charge < -0.3 is 15.0 Å². The highest BCUT2D eigenvalue weighted by molar-refractivity contribution is 7.92. The van der Waals surface area contributed by atoms with E-state index in [-0.39, 0.29) is 29.8 Å². The molecule has 0 saturated heterocycles. The average Bonchev–Trinajstić information content (AvgIpc) is 3.10. The molecule has 0 heterocycles. The number of benzene rings is 4. The molecule has 1 aliphatic rings. The molecule has 48 heavy (non-hydrogen) atoms. The number of hydrogen-bond donors (Lipinski definition) is 1. The van der Waals surface area contributed by atoms with Gasteiger partial charge in [-0.1, -0.05) is 91.5 Å². The van der Waals surface area contributed by atoms with Crippen LogP contribution in [0.15, 0.2) is 114 Å². The molecule has 1 saturated carbocycles. The van der Waals surface area contributed by atoms with Crippen LogP contribution >= 0.6 is 11.6 Å². The Morgan fingerprint density at radius 1 is 0.854 bits per heavy atom. The van der Waals surface area contributed by atoms with Gasteiger partial charge in [-0.15, -0.1) is 0 Å².